The summed E-state index contributed by atoms with van der Waals surface area (Å²) < 4.78 is 15.1. The maximum Gasteiger partial charge on any atom is 0.147 e. The van der Waals surface area contributed by atoms with Crippen molar-refractivity contribution in [3.63, 3.8) is 0 Å². The Morgan fingerprint density at radius 1 is 1.35 bits per heavy atom. The molecule has 1 unspecified atom stereocenters. The quantitative estimate of drug-likeness (QED) is 0.784. The molecular weight excluding hydrogens is 325 g/mol. The first-order chi connectivity index (χ1) is 8.06. The van der Waals surface area contributed by atoms with E-state index in [2.05, 4.69) is 21.2 Å². The smallest absolute Gasteiger partial charge is 0.147 e. The van der Waals surface area contributed by atoms with Gasteiger partial charge in [-0.15, -0.1) is 11.3 Å². The van der Waals surface area contributed by atoms with E-state index in [1.165, 1.54) is 17.4 Å². The van der Waals surface area contributed by atoms with Gasteiger partial charge in [0.25, 0.3) is 0 Å². The summed E-state index contributed by atoms with van der Waals surface area (Å²) in [6.07, 6.45) is 0. The molecule has 90 valence electrons. The number of hydrogen-bond donors (Lipinski definition) is 1. The summed E-state index contributed by atoms with van der Waals surface area (Å²) in [5.74, 6) is -0.270. The van der Waals surface area contributed by atoms with Gasteiger partial charge in [-0.3, -0.25) is 0 Å². The van der Waals surface area contributed by atoms with Crippen molar-refractivity contribution in [3.05, 3.63) is 49.8 Å². The summed E-state index contributed by atoms with van der Waals surface area (Å²) in [6, 6.07) is 8.78. The van der Waals surface area contributed by atoms with Crippen molar-refractivity contribution in [2.24, 2.45) is 0 Å². The van der Waals surface area contributed by atoms with E-state index in [9.17, 15) is 4.39 Å². The van der Waals surface area contributed by atoms with Crippen molar-refractivity contribution >= 4 is 44.6 Å². The highest BCUT2D eigenvalue weighted by atomic mass is 79.9. The molecule has 1 atom stereocenters. The first-order valence-electron chi connectivity index (χ1n) is 5.03. The predicted molar refractivity (Wildman–Crippen MR) is 75.5 cm³/mol. The molecule has 5 heteroatoms. The molecule has 0 saturated carbocycles. The zero-order valence-electron chi connectivity index (χ0n) is 9.01. The SMILES string of the molecule is CC(Nc1ccc(Br)cc1F)c1ccc(Cl)s1. The predicted octanol–water partition coefficient (Wildman–Crippen LogP) is 5.48. The largest absolute Gasteiger partial charge is 0.375 e. The lowest BCUT2D eigenvalue weighted by Crippen LogP contribution is -2.06. The topological polar surface area (TPSA) is 12.0 Å². The zero-order chi connectivity index (χ0) is 12.4. The fraction of sp³-hybridized carbons (Fsp3) is 0.167. The van der Waals surface area contributed by atoms with Gasteiger partial charge in [-0.05, 0) is 37.3 Å². The Balaban J connectivity index is 2.15. The van der Waals surface area contributed by atoms with Gasteiger partial charge in [0.2, 0.25) is 0 Å². The summed E-state index contributed by atoms with van der Waals surface area (Å²) in [4.78, 5) is 1.08. The van der Waals surface area contributed by atoms with E-state index in [1.54, 1.807) is 12.1 Å². The number of nitrogens with one attached hydrogen (secondary N) is 1. The van der Waals surface area contributed by atoms with Crippen LogP contribution in [0.3, 0.4) is 0 Å². The summed E-state index contributed by atoms with van der Waals surface area (Å²) in [5.41, 5.74) is 0.491. The maximum absolute atomic E-state index is 13.6. The Bertz CT molecular complexity index is 529. The standard InChI is InChI=1S/C12H10BrClFNS/c1-7(11-4-5-12(14)17-11)16-10-3-2-8(13)6-9(10)15/h2-7,16H,1H3. The van der Waals surface area contributed by atoms with Gasteiger partial charge in [0.15, 0.2) is 0 Å². The Morgan fingerprint density at radius 3 is 2.71 bits per heavy atom. The van der Waals surface area contributed by atoms with Crippen LogP contribution in [0.1, 0.15) is 17.8 Å². The summed E-state index contributed by atoms with van der Waals surface area (Å²) >= 11 is 10.6. The lowest BCUT2D eigenvalue weighted by molar-refractivity contribution is 0.627. The van der Waals surface area contributed by atoms with Crippen LogP contribution < -0.4 is 5.32 Å². The second-order valence-electron chi connectivity index (χ2n) is 3.63. The summed E-state index contributed by atoms with van der Waals surface area (Å²) in [5, 5.41) is 3.12. The van der Waals surface area contributed by atoms with Crippen LogP contribution in [0.15, 0.2) is 34.8 Å². The van der Waals surface area contributed by atoms with Crippen molar-refractivity contribution in [1.82, 2.24) is 0 Å². The molecule has 1 heterocycles. The molecule has 0 radical (unpaired) electrons. The lowest BCUT2D eigenvalue weighted by Gasteiger charge is -2.14. The first-order valence-corrected chi connectivity index (χ1v) is 7.02. The highest BCUT2D eigenvalue weighted by Gasteiger charge is 2.10. The highest BCUT2D eigenvalue weighted by Crippen LogP contribution is 2.30. The Kier molecular flexibility index (Phi) is 4.07. The van der Waals surface area contributed by atoms with Gasteiger partial charge in [-0.25, -0.2) is 4.39 Å². The number of halogens is 3. The molecule has 1 N–H and O–H groups in total. The minimum absolute atomic E-state index is 0.0307. The summed E-state index contributed by atoms with van der Waals surface area (Å²) in [6.45, 7) is 1.98. The van der Waals surface area contributed by atoms with Crippen molar-refractivity contribution in [2.45, 2.75) is 13.0 Å². The Labute approximate surface area is 117 Å². The number of thiophene rings is 1. The third-order valence-corrected chi connectivity index (χ3v) is 4.23. The Hall–Kier alpha value is -0.580. The van der Waals surface area contributed by atoms with E-state index >= 15 is 0 Å². The van der Waals surface area contributed by atoms with Gasteiger partial charge in [-0.2, -0.15) is 0 Å². The van der Waals surface area contributed by atoms with Crippen LogP contribution in [0, 0.1) is 5.82 Å². The zero-order valence-corrected chi connectivity index (χ0v) is 12.2. The minimum Gasteiger partial charge on any atom is -0.375 e. The van der Waals surface area contributed by atoms with Crippen LogP contribution >= 0.6 is 38.9 Å². The lowest BCUT2D eigenvalue weighted by atomic mass is 10.2. The van der Waals surface area contributed by atoms with Crippen molar-refractivity contribution in [1.29, 1.82) is 0 Å². The molecule has 0 saturated heterocycles. The fourth-order valence-electron chi connectivity index (χ4n) is 1.47. The van der Waals surface area contributed by atoms with Gasteiger partial charge < -0.3 is 5.32 Å². The monoisotopic (exact) mass is 333 g/mol. The average Bonchev–Trinajstić information content (AvgIpc) is 2.69. The van der Waals surface area contributed by atoms with Gasteiger partial charge in [0, 0.05) is 9.35 Å². The molecule has 2 rings (SSSR count). The van der Waals surface area contributed by atoms with E-state index in [0.717, 1.165) is 13.7 Å². The molecule has 0 aliphatic heterocycles. The molecule has 0 fully saturated rings. The van der Waals surface area contributed by atoms with E-state index in [0.29, 0.717) is 5.69 Å². The second-order valence-corrected chi connectivity index (χ2v) is 6.29. The molecule has 0 aliphatic carbocycles. The molecular formula is C12H10BrClFNS. The molecule has 17 heavy (non-hydrogen) atoms. The van der Waals surface area contributed by atoms with Crippen molar-refractivity contribution in [2.75, 3.05) is 5.32 Å². The van der Waals surface area contributed by atoms with Crippen molar-refractivity contribution in [3.8, 4) is 0 Å². The van der Waals surface area contributed by atoms with Gasteiger partial charge in [0.1, 0.15) is 5.82 Å². The van der Waals surface area contributed by atoms with Gasteiger partial charge in [-0.1, -0.05) is 27.5 Å². The van der Waals surface area contributed by atoms with Crippen LogP contribution in [0.4, 0.5) is 10.1 Å². The number of hydrogen-bond acceptors (Lipinski definition) is 2. The molecule has 1 nitrogen and oxygen atoms in total. The molecule has 0 amide bonds. The van der Waals surface area contributed by atoms with E-state index < -0.39 is 0 Å². The first kappa shape index (κ1) is 12.9. The normalized spacial score (nSPS) is 12.5. The molecule has 0 aliphatic rings. The van der Waals surface area contributed by atoms with Crippen LogP contribution in [0.2, 0.25) is 4.34 Å². The van der Waals surface area contributed by atoms with Crippen LogP contribution in [-0.4, -0.2) is 0 Å². The minimum atomic E-state index is -0.270. The molecule has 0 bridgehead atoms. The van der Waals surface area contributed by atoms with E-state index in [-0.39, 0.29) is 11.9 Å². The maximum atomic E-state index is 13.6. The summed E-state index contributed by atoms with van der Waals surface area (Å²) in [7, 11) is 0. The van der Waals surface area contributed by atoms with Crippen LogP contribution in [0.25, 0.3) is 0 Å². The highest BCUT2D eigenvalue weighted by molar-refractivity contribution is 9.10. The van der Waals surface area contributed by atoms with Crippen LogP contribution in [-0.2, 0) is 0 Å². The van der Waals surface area contributed by atoms with E-state index in [1.807, 2.05) is 19.1 Å². The third kappa shape index (κ3) is 3.21. The second kappa shape index (κ2) is 5.38. The Morgan fingerprint density at radius 2 is 2.12 bits per heavy atom. The molecule has 1 aromatic carbocycles. The molecule has 0 spiro atoms. The van der Waals surface area contributed by atoms with Crippen molar-refractivity contribution < 1.29 is 4.39 Å². The van der Waals surface area contributed by atoms with E-state index in [4.69, 9.17) is 11.6 Å². The number of benzene rings is 1. The van der Waals surface area contributed by atoms with Gasteiger partial charge in [0.05, 0.1) is 16.1 Å². The number of rotatable bonds is 3. The van der Waals surface area contributed by atoms with Gasteiger partial charge >= 0.3 is 0 Å². The number of anilines is 1. The van der Waals surface area contributed by atoms with Crippen LogP contribution in [0.5, 0.6) is 0 Å². The molecule has 2 aromatic rings. The molecule has 1 aromatic heterocycles. The third-order valence-electron chi connectivity index (χ3n) is 2.32. The average molecular weight is 335 g/mol. The fourth-order valence-corrected chi connectivity index (χ4v) is 2.87.